The van der Waals surface area contributed by atoms with E-state index in [4.69, 9.17) is 4.42 Å². The minimum atomic E-state index is 0.900. The molecule has 14 aromatic rings. The Morgan fingerprint density at radius 1 is 0.270 bits per heavy atom. The normalized spacial score (nSPS) is 12.1. The second kappa shape index (κ2) is 13.1. The first kappa shape index (κ1) is 34.3. The first-order valence-electron chi connectivity index (χ1n) is 21.7. The average molecular weight is 801 g/mol. The van der Waals surface area contributed by atoms with Crippen LogP contribution < -0.4 is 0 Å². The summed E-state index contributed by atoms with van der Waals surface area (Å²) < 4.78 is 11.7. The first-order chi connectivity index (χ1) is 31.3. The Kier molecular flexibility index (Phi) is 7.11. The van der Waals surface area contributed by atoms with Gasteiger partial charge in [-0.1, -0.05) is 152 Å². The lowest BCUT2D eigenvalue weighted by Crippen LogP contribution is -1.96. The monoisotopic (exact) mass is 800 g/mol. The van der Waals surface area contributed by atoms with Crippen molar-refractivity contribution in [1.29, 1.82) is 0 Å². The number of hydrogen-bond acceptors (Lipinski definition) is 1. The fourth-order valence-corrected chi connectivity index (χ4v) is 10.7. The zero-order chi connectivity index (χ0) is 41.2. The van der Waals surface area contributed by atoms with Gasteiger partial charge in [-0.3, -0.25) is 0 Å². The van der Waals surface area contributed by atoms with Crippen molar-refractivity contribution in [3.63, 3.8) is 0 Å². The zero-order valence-electron chi connectivity index (χ0n) is 34.1. The maximum absolute atomic E-state index is 6.80. The van der Waals surface area contributed by atoms with Gasteiger partial charge in [0.1, 0.15) is 11.2 Å². The number of hydrogen-bond donors (Lipinski definition) is 0. The molecule has 0 bridgehead atoms. The molecule has 3 heteroatoms. The Hall–Kier alpha value is -8.40. The molecule has 3 aromatic heterocycles. The SMILES string of the molecule is c1ccc(-c2cccc(-n3c4ccc5c6ccccc6oc5c4c4ccc5c(c6ccccc6n5-c5cccc(-c6ccc7c8ccccc8c8ccccc8c7c6)c5)c43)c2)cc1. The molecule has 63 heavy (non-hydrogen) atoms. The molecule has 0 amide bonds. The van der Waals surface area contributed by atoms with Crippen LogP contribution in [0.1, 0.15) is 0 Å². The van der Waals surface area contributed by atoms with E-state index in [0.717, 1.165) is 55.2 Å². The lowest BCUT2D eigenvalue weighted by molar-refractivity contribution is 0.673. The van der Waals surface area contributed by atoms with Crippen LogP contribution in [0.4, 0.5) is 0 Å². The quantitative estimate of drug-likeness (QED) is 0.163. The second-order valence-corrected chi connectivity index (χ2v) is 16.8. The summed E-state index contributed by atoms with van der Waals surface area (Å²) >= 11 is 0. The lowest BCUT2D eigenvalue weighted by atomic mass is 9.92. The highest BCUT2D eigenvalue weighted by molar-refractivity contribution is 6.31. The van der Waals surface area contributed by atoms with E-state index in [1.807, 2.05) is 0 Å². The molecule has 292 valence electrons. The van der Waals surface area contributed by atoms with Gasteiger partial charge < -0.3 is 13.6 Å². The van der Waals surface area contributed by atoms with E-state index in [9.17, 15) is 0 Å². The molecule has 0 unspecified atom stereocenters. The number of aromatic nitrogens is 2. The molecule has 0 aliphatic rings. The molecular formula is C60H36N2O. The fraction of sp³-hybridized carbons (Fsp3) is 0. The molecule has 0 aliphatic heterocycles. The molecule has 11 aromatic carbocycles. The number of rotatable bonds is 4. The van der Waals surface area contributed by atoms with Gasteiger partial charge in [0, 0.05) is 38.3 Å². The summed E-state index contributed by atoms with van der Waals surface area (Å²) in [6.07, 6.45) is 0. The number of para-hydroxylation sites is 2. The van der Waals surface area contributed by atoms with Gasteiger partial charge in [-0.2, -0.15) is 0 Å². The number of furan rings is 1. The van der Waals surface area contributed by atoms with E-state index < -0.39 is 0 Å². The van der Waals surface area contributed by atoms with Gasteiger partial charge >= 0.3 is 0 Å². The van der Waals surface area contributed by atoms with Gasteiger partial charge in [0.25, 0.3) is 0 Å². The summed E-state index contributed by atoms with van der Waals surface area (Å²) in [4.78, 5) is 0. The van der Waals surface area contributed by atoms with Crippen LogP contribution in [0.2, 0.25) is 0 Å². The third-order valence-corrected chi connectivity index (χ3v) is 13.5. The molecule has 14 rings (SSSR count). The summed E-state index contributed by atoms with van der Waals surface area (Å²) in [7, 11) is 0. The summed E-state index contributed by atoms with van der Waals surface area (Å²) in [6, 6.07) is 79.7. The summed E-state index contributed by atoms with van der Waals surface area (Å²) in [5, 5.41) is 14.7. The van der Waals surface area contributed by atoms with Crippen LogP contribution >= 0.6 is 0 Å². The maximum atomic E-state index is 6.80. The third-order valence-electron chi connectivity index (χ3n) is 13.5. The Balaban J connectivity index is 1.05. The highest BCUT2D eigenvalue weighted by atomic mass is 16.3. The molecular weight excluding hydrogens is 765 g/mol. The van der Waals surface area contributed by atoms with E-state index in [0.29, 0.717) is 0 Å². The lowest BCUT2D eigenvalue weighted by Gasteiger charge is -2.13. The fourth-order valence-electron chi connectivity index (χ4n) is 10.7. The van der Waals surface area contributed by atoms with Crippen LogP contribution in [-0.4, -0.2) is 9.13 Å². The third kappa shape index (κ3) is 4.90. The van der Waals surface area contributed by atoms with Gasteiger partial charge in [0.15, 0.2) is 0 Å². The van der Waals surface area contributed by atoms with Gasteiger partial charge in [0.2, 0.25) is 0 Å². The molecule has 0 saturated carbocycles. The minimum absolute atomic E-state index is 0.900. The van der Waals surface area contributed by atoms with Crippen LogP contribution in [0.15, 0.2) is 223 Å². The average Bonchev–Trinajstić information content (AvgIpc) is 4.02. The number of fused-ring (bicyclic) bond motifs is 17. The summed E-state index contributed by atoms with van der Waals surface area (Å²) in [5.74, 6) is 0. The van der Waals surface area contributed by atoms with Crippen LogP contribution in [0, 0.1) is 0 Å². The van der Waals surface area contributed by atoms with E-state index in [-0.39, 0.29) is 0 Å². The molecule has 0 atom stereocenters. The Bertz CT molecular complexity index is 4170. The molecule has 0 saturated heterocycles. The van der Waals surface area contributed by atoms with Crippen molar-refractivity contribution in [2.75, 3.05) is 0 Å². The largest absolute Gasteiger partial charge is 0.455 e. The van der Waals surface area contributed by atoms with Crippen molar-refractivity contribution in [2.24, 2.45) is 0 Å². The second-order valence-electron chi connectivity index (χ2n) is 16.8. The first-order valence-corrected chi connectivity index (χ1v) is 21.7. The highest BCUT2D eigenvalue weighted by Crippen LogP contribution is 2.46. The Labute approximate surface area is 361 Å². The van der Waals surface area contributed by atoms with Gasteiger partial charge in [-0.15, -0.1) is 0 Å². The van der Waals surface area contributed by atoms with Crippen LogP contribution in [0.3, 0.4) is 0 Å². The van der Waals surface area contributed by atoms with Crippen molar-refractivity contribution in [3.05, 3.63) is 218 Å². The van der Waals surface area contributed by atoms with Gasteiger partial charge in [-0.25, -0.2) is 0 Å². The van der Waals surface area contributed by atoms with Crippen LogP contribution in [0.5, 0.6) is 0 Å². The van der Waals surface area contributed by atoms with E-state index in [2.05, 4.69) is 228 Å². The van der Waals surface area contributed by atoms with Crippen LogP contribution in [-0.2, 0) is 0 Å². The molecule has 0 radical (unpaired) electrons. The maximum Gasteiger partial charge on any atom is 0.145 e. The van der Waals surface area contributed by atoms with Crippen molar-refractivity contribution in [1.82, 2.24) is 9.13 Å². The molecule has 0 N–H and O–H groups in total. The van der Waals surface area contributed by atoms with Gasteiger partial charge in [-0.05, 0) is 121 Å². The summed E-state index contributed by atoms with van der Waals surface area (Å²) in [6.45, 7) is 0. The molecule has 3 nitrogen and oxygen atoms in total. The smallest absolute Gasteiger partial charge is 0.145 e. The van der Waals surface area contributed by atoms with E-state index in [1.165, 1.54) is 76.2 Å². The van der Waals surface area contributed by atoms with Crippen LogP contribution in [0.25, 0.3) is 131 Å². The van der Waals surface area contributed by atoms with Crippen molar-refractivity contribution >= 4 is 97.9 Å². The van der Waals surface area contributed by atoms with Crippen molar-refractivity contribution < 1.29 is 4.42 Å². The zero-order valence-corrected chi connectivity index (χ0v) is 34.1. The molecule has 0 spiro atoms. The number of nitrogens with zero attached hydrogens (tertiary/aromatic N) is 2. The van der Waals surface area contributed by atoms with Crippen molar-refractivity contribution in [2.45, 2.75) is 0 Å². The number of benzene rings is 11. The summed E-state index contributed by atoms with van der Waals surface area (Å²) in [5.41, 5.74) is 13.4. The molecule has 0 fully saturated rings. The molecule has 0 aliphatic carbocycles. The Morgan fingerprint density at radius 3 is 1.51 bits per heavy atom. The topological polar surface area (TPSA) is 23.0 Å². The highest BCUT2D eigenvalue weighted by Gasteiger charge is 2.24. The minimum Gasteiger partial charge on any atom is -0.455 e. The van der Waals surface area contributed by atoms with Crippen molar-refractivity contribution in [3.8, 4) is 33.6 Å². The molecule has 3 heterocycles. The predicted octanol–water partition coefficient (Wildman–Crippen LogP) is 16.6. The predicted molar refractivity (Wildman–Crippen MR) is 266 cm³/mol. The standard InChI is InChI=1S/C60H36N2O/c1-2-14-37(15-3-1)38-16-12-19-42(34-38)62-55-32-30-49-48-24-9-11-27-56(48)63-60(49)58(55)51-31-33-54-57(59(51)62)50-25-8-10-26-53(50)61(54)41-18-13-17-39(35-41)40-28-29-47-45-22-5-4-20-43(45)44-21-6-7-23-46(44)52(47)36-40/h1-36H. The van der Waals surface area contributed by atoms with E-state index >= 15 is 0 Å². The Morgan fingerprint density at radius 2 is 0.778 bits per heavy atom. The van der Waals surface area contributed by atoms with Gasteiger partial charge in [0.05, 0.1) is 27.5 Å². The van der Waals surface area contributed by atoms with E-state index in [1.54, 1.807) is 0 Å².